The number of methoxy groups -OCH3 is 2. The molecule has 0 amide bonds. The van der Waals surface area contributed by atoms with Gasteiger partial charge in [0, 0.05) is 74.8 Å². The van der Waals surface area contributed by atoms with Gasteiger partial charge in [0.05, 0.1) is 36.0 Å². The molecule has 0 atom stereocenters. The average Bonchev–Trinajstić information content (AvgIpc) is 3.05. The molecule has 45 heavy (non-hydrogen) atoms. The lowest BCUT2D eigenvalue weighted by atomic mass is 10.0. The zero-order chi connectivity index (χ0) is 31.6. The maximum atomic E-state index is 12.6. The van der Waals surface area contributed by atoms with E-state index in [1.165, 1.54) is 19.4 Å². The predicted octanol–water partition coefficient (Wildman–Crippen LogP) is 4.75. The molecule has 2 fully saturated rings. The van der Waals surface area contributed by atoms with E-state index in [4.69, 9.17) is 19.4 Å². The largest absolute Gasteiger partial charge is 0.497 e. The van der Waals surface area contributed by atoms with Gasteiger partial charge in [-0.3, -0.25) is 4.90 Å². The molecule has 0 bridgehead atoms. The molecule has 12 heteroatoms. The lowest BCUT2D eigenvalue weighted by Gasteiger charge is -2.42. The van der Waals surface area contributed by atoms with Crippen LogP contribution in [0.5, 0.6) is 11.5 Å². The van der Waals surface area contributed by atoms with E-state index in [0.717, 1.165) is 68.9 Å². The van der Waals surface area contributed by atoms with Crippen molar-refractivity contribution in [3.05, 3.63) is 60.7 Å². The SMILES string of the molecule is COc1ccc(S(C)(=O)=O)c(Nc2nc(Nc3ccc(N4CCC(N5CCN(C)CC5)CC4)cc3OC)nc3ccccc23)c1. The van der Waals surface area contributed by atoms with Crippen molar-refractivity contribution in [2.45, 2.75) is 23.8 Å². The summed E-state index contributed by atoms with van der Waals surface area (Å²) in [6.45, 7) is 6.62. The lowest BCUT2D eigenvalue weighted by Crippen LogP contribution is -2.52. The van der Waals surface area contributed by atoms with Crippen LogP contribution in [-0.4, -0.2) is 101 Å². The van der Waals surface area contributed by atoms with E-state index in [1.807, 2.05) is 30.3 Å². The van der Waals surface area contributed by atoms with Crippen molar-refractivity contribution in [3.63, 3.8) is 0 Å². The smallest absolute Gasteiger partial charge is 0.229 e. The second kappa shape index (κ2) is 13.1. The second-order valence-electron chi connectivity index (χ2n) is 11.7. The molecule has 3 aromatic carbocycles. The number of nitrogens with zero attached hydrogens (tertiary/aromatic N) is 5. The Morgan fingerprint density at radius 1 is 0.822 bits per heavy atom. The molecular formula is C33H41N7O4S. The van der Waals surface area contributed by atoms with E-state index in [1.54, 1.807) is 19.2 Å². The molecule has 2 aliphatic rings. The molecule has 0 unspecified atom stereocenters. The number of ether oxygens (including phenoxy) is 2. The topological polar surface area (TPSA) is 112 Å². The zero-order valence-corrected chi connectivity index (χ0v) is 27.1. The number of rotatable bonds is 9. The van der Waals surface area contributed by atoms with Gasteiger partial charge >= 0.3 is 0 Å². The third kappa shape index (κ3) is 6.92. The van der Waals surface area contributed by atoms with Gasteiger partial charge in [0.15, 0.2) is 9.84 Å². The van der Waals surface area contributed by atoms with E-state index < -0.39 is 9.84 Å². The minimum Gasteiger partial charge on any atom is -0.497 e. The van der Waals surface area contributed by atoms with Crippen LogP contribution in [0.3, 0.4) is 0 Å². The maximum absolute atomic E-state index is 12.6. The minimum atomic E-state index is -3.53. The summed E-state index contributed by atoms with van der Waals surface area (Å²) >= 11 is 0. The molecule has 0 saturated carbocycles. The van der Waals surface area contributed by atoms with E-state index in [0.29, 0.717) is 40.5 Å². The number of aromatic nitrogens is 2. The predicted molar refractivity (Wildman–Crippen MR) is 180 cm³/mol. The summed E-state index contributed by atoms with van der Waals surface area (Å²) < 4.78 is 36.3. The first-order chi connectivity index (χ1) is 21.7. The van der Waals surface area contributed by atoms with Gasteiger partial charge < -0.3 is 29.9 Å². The molecular weight excluding hydrogens is 590 g/mol. The molecule has 2 aliphatic heterocycles. The molecule has 0 aliphatic carbocycles. The summed E-state index contributed by atoms with van der Waals surface area (Å²) in [7, 11) is 1.87. The molecule has 2 N–H and O–H groups in total. The Kier molecular flexibility index (Phi) is 8.97. The standard InChI is InChI=1S/C33H41N7O4S/c1-38-17-19-40(20-18-38)23-13-15-39(16-14-23)24-9-11-28(30(21-24)44-3)36-33-35-27-8-6-5-7-26(27)32(37-33)34-29-22-25(43-2)10-12-31(29)45(4,41)42/h5-12,21-23H,13-20H2,1-4H3,(H2,34,35,36,37). The van der Waals surface area contributed by atoms with Crippen LogP contribution in [0.2, 0.25) is 0 Å². The number of hydrogen-bond donors (Lipinski definition) is 2. The van der Waals surface area contributed by atoms with Gasteiger partial charge in [-0.1, -0.05) is 12.1 Å². The number of fused-ring (bicyclic) bond motifs is 1. The highest BCUT2D eigenvalue weighted by atomic mass is 32.2. The van der Waals surface area contributed by atoms with Gasteiger partial charge in [-0.15, -0.1) is 0 Å². The fourth-order valence-corrected chi connectivity index (χ4v) is 7.01. The number of sulfone groups is 1. The number of hydrogen-bond acceptors (Lipinski definition) is 11. The fourth-order valence-electron chi connectivity index (χ4n) is 6.19. The molecule has 2 saturated heterocycles. The van der Waals surface area contributed by atoms with Gasteiger partial charge in [0.1, 0.15) is 17.3 Å². The average molecular weight is 632 g/mol. The van der Waals surface area contributed by atoms with E-state index in [-0.39, 0.29) is 4.90 Å². The number of piperidine rings is 1. The van der Waals surface area contributed by atoms with Crippen LogP contribution in [0.4, 0.5) is 28.8 Å². The van der Waals surface area contributed by atoms with Crippen LogP contribution < -0.4 is 25.0 Å². The minimum absolute atomic E-state index is 0.144. The molecule has 6 rings (SSSR count). The monoisotopic (exact) mass is 631 g/mol. The number of piperazine rings is 1. The van der Waals surface area contributed by atoms with Gasteiger partial charge in [-0.05, 0) is 56.3 Å². The first kappa shape index (κ1) is 30.9. The highest BCUT2D eigenvalue weighted by Crippen LogP contribution is 2.35. The summed E-state index contributed by atoms with van der Waals surface area (Å²) in [5.41, 5.74) is 2.92. The third-order valence-corrected chi connectivity index (χ3v) is 9.91. The first-order valence-electron chi connectivity index (χ1n) is 15.3. The van der Waals surface area contributed by atoms with Crippen LogP contribution in [0.25, 0.3) is 10.9 Å². The number of likely N-dealkylation sites (N-methyl/N-ethyl adjacent to an activating group) is 1. The van der Waals surface area contributed by atoms with Crippen molar-refractivity contribution < 1.29 is 17.9 Å². The van der Waals surface area contributed by atoms with Gasteiger partial charge in [0.25, 0.3) is 0 Å². The number of nitrogens with one attached hydrogen (secondary N) is 2. The Morgan fingerprint density at radius 2 is 1.58 bits per heavy atom. The highest BCUT2D eigenvalue weighted by molar-refractivity contribution is 7.90. The molecule has 1 aromatic heterocycles. The van der Waals surface area contributed by atoms with Crippen LogP contribution in [0.1, 0.15) is 12.8 Å². The van der Waals surface area contributed by atoms with Crippen molar-refractivity contribution in [2.75, 3.05) is 82.3 Å². The molecule has 238 valence electrons. The maximum Gasteiger partial charge on any atom is 0.229 e. The van der Waals surface area contributed by atoms with Gasteiger partial charge in [0.2, 0.25) is 5.95 Å². The normalized spacial score (nSPS) is 16.9. The van der Waals surface area contributed by atoms with E-state index in [9.17, 15) is 8.42 Å². The highest BCUT2D eigenvalue weighted by Gasteiger charge is 2.27. The van der Waals surface area contributed by atoms with Crippen molar-refractivity contribution in [3.8, 4) is 11.5 Å². The van der Waals surface area contributed by atoms with Gasteiger partial charge in [-0.2, -0.15) is 4.98 Å². The van der Waals surface area contributed by atoms with Gasteiger partial charge in [-0.25, -0.2) is 13.4 Å². The Balaban J connectivity index is 1.23. The molecule has 4 aromatic rings. The van der Waals surface area contributed by atoms with Crippen molar-refractivity contribution in [2.24, 2.45) is 0 Å². The fraction of sp³-hybridized carbons (Fsp3) is 0.394. The first-order valence-corrected chi connectivity index (χ1v) is 17.2. The van der Waals surface area contributed by atoms with Crippen LogP contribution >= 0.6 is 0 Å². The van der Waals surface area contributed by atoms with Crippen LogP contribution in [-0.2, 0) is 9.84 Å². The molecule has 0 radical (unpaired) electrons. The van der Waals surface area contributed by atoms with Crippen molar-refractivity contribution in [1.82, 2.24) is 19.8 Å². The lowest BCUT2D eigenvalue weighted by molar-refractivity contribution is 0.0982. The van der Waals surface area contributed by atoms with Crippen molar-refractivity contribution in [1.29, 1.82) is 0 Å². The molecule has 11 nitrogen and oxygen atoms in total. The third-order valence-electron chi connectivity index (χ3n) is 8.76. The Labute approximate surface area is 265 Å². The number of para-hydroxylation sites is 1. The van der Waals surface area contributed by atoms with E-state index >= 15 is 0 Å². The Morgan fingerprint density at radius 3 is 2.29 bits per heavy atom. The summed E-state index contributed by atoms with van der Waals surface area (Å²) in [4.78, 5) is 17.2. The number of anilines is 5. The van der Waals surface area contributed by atoms with Crippen LogP contribution in [0, 0.1) is 0 Å². The molecule has 0 spiro atoms. The quantitative estimate of drug-likeness (QED) is 0.267. The van der Waals surface area contributed by atoms with Crippen LogP contribution in [0.15, 0.2) is 65.6 Å². The zero-order valence-electron chi connectivity index (χ0n) is 26.3. The van der Waals surface area contributed by atoms with Crippen molar-refractivity contribution >= 4 is 49.6 Å². The summed E-state index contributed by atoms with van der Waals surface area (Å²) in [6.07, 6.45) is 3.49. The Bertz CT molecular complexity index is 1770. The molecule has 3 heterocycles. The van der Waals surface area contributed by atoms with E-state index in [2.05, 4.69) is 44.5 Å². The second-order valence-corrected chi connectivity index (χ2v) is 13.7. The Hall–Kier alpha value is -4.13. The summed E-state index contributed by atoms with van der Waals surface area (Å²) in [5, 5.41) is 7.32. The summed E-state index contributed by atoms with van der Waals surface area (Å²) in [6, 6.07) is 19.2. The summed E-state index contributed by atoms with van der Waals surface area (Å²) in [5.74, 6) is 2.02. The number of benzene rings is 3.